The third-order valence-electron chi connectivity index (χ3n) is 5.33. The van der Waals surface area contributed by atoms with Gasteiger partial charge in [0, 0.05) is 11.5 Å². The fraction of sp³-hybridized carbons (Fsp3) is 0.375. The average Bonchev–Trinajstić information content (AvgIpc) is 2.62. The summed E-state index contributed by atoms with van der Waals surface area (Å²) in [6.45, 7) is 8.37. The molecule has 0 saturated carbocycles. The van der Waals surface area contributed by atoms with Crippen LogP contribution in [0.3, 0.4) is 0 Å². The average molecular weight is 367 g/mol. The van der Waals surface area contributed by atoms with Crippen LogP contribution in [-0.4, -0.2) is 16.2 Å². The van der Waals surface area contributed by atoms with Crippen LogP contribution in [-0.2, 0) is 10.2 Å². The van der Waals surface area contributed by atoms with E-state index in [2.05, 4.69) is 32.0 Å². The summed E-state index contributed by atoms with van der Waals surface area (Å²) in [7, 11) is 0. The number of aliphatic carboxylic acids is 1. The molecule has 0 fully saturated rings. The van der Waals surface area contributed by atoms with Gasteiger partial charge in [0.25, 0.3) is 0 Å². The minimum atomic E-state index is -0.940. The number of aryl methyl sites for hydroxylation is 2. The molecule has 0 aromatic heterocycles. The van der Waals surface area contributed by atoms with E-state index in [1.165, 1.54) is 17.2 Å². The van der Waals surface area contributed by atoms with E-state index >= 15 is 0 Å². The molecule has 0 spiro atoms. The summed E-state index contributed by atoms with van der Waals surface area (Å²) in [4.78, 5) is 10.8. The van der Waals surface area contributed by atoms with Crippen molar-refractivity contribution < 1.29 is 15.0 Å². The number of aromatic hydroxyl groups is 1. The van der Waals surface area contributed by atoms with Gasteiger partial charge in [-0.05, 0) is 66.6 Å². The van der Waals surface area contributed by atoms with Crippen LogP contribution in [0, 0.1) is 13.8 Å². The van der Waals surface area contributed by atoms with Gasteiger partial charge in [0.1, 0.15) is 5.75 Å². The molecule has 2 rings (SSSR count). The third-order valence-corrected chi connectivity index (χ3v) is 5.33. The highest BCUT2D eigenvalue weighted by Gasteiger charge is 2.33. The normalized spacial score (nSPS) is 11.9. The predicted octanol–water partition coefficient (Wildman–Crippen LogP) is 5.99. The standard InChI is InChI=1S/C24H30O3/c1-5-13-24(14-6-2,21-10-11-22(25)18(4)16-21)20-9-7-19(17(3)15-20)8-12-23(26)27/h7-12,15-16,25H,5-6,13-14H2,1-4H3,(H,26,27)/b12-8+. The van der Waals surface area contributed by atoms with E-state index in [0.717, 1.165) is 42.4 Å². The zero-order valence-corrected chi connectivity index (χ0v) is 16.7. The van der Waals surface area contributed by atoms with Gasteiger partial charge in [-0.3, -0.25) is 0 Å². The van der Waals surface area contributed by atoms with Crippen LogP contribution < -0.4 is 0 Å². The largest absolute Gasteiger partial charge is 0.508 e. The lowest BCUT2D eigenvalue weighted by atomic mass is 9.68. The molecule has 0 bridgehead atoms. The highest BCUT2D eigenvalue weighted by atomic mass is 16.4. The maximum atomic E-state index is 10.8. The first kappa shape index (κ1) is 20.8. The Morgan fingerprint density at radius 2 is 1.52 bits per heavy atom. The van der Waals surface area contributed by atoms with Crippen LogP contribution in [0.2, 0.25) is 0 Å². The number of benzene rings is 2. The van der Waals surface area contributed by atoms with Crippen molar-refractivity contribution in [3.63, 3.8) is 0 Å². The van der Waals surface area contributed by atoms with E-state index in [-0.39, 0.29) is 5.41 Å². The molecule has 0 aliphatic carbocycles. The number of phenols is 1. The molecule has 0 unspecified atom stereocenters. The van der Waals surface area contributed by atoms with Crippen LogP contribution in [0.25, 0.3) is 6.08 Å². The highest BCUT2D eigenvalue weighted by molar-refractivity contribution is 5.85. The summed E-state index contributed by atoms with van der Waals surface area (Å²) in [6.07, 6.45) is 6.98. The molecule has 0 atom stereocenters. The molecule has 0 amide bonds. The molecule has 27 heavy (non-hydrogen) atoms. The highest BCUT2D eigenvalue weighted by Crippen LogP contribution is 2.42. The fourth-order valence-corrected chi connectivity index (χ4v) is 4.00. The maximum Gasteiger partial charge on any atom is 0.328 e. The second kappa shape index (κ2) is 8.90. The summed E-state index contributed by atoms with van der Waals surface area (Å²) in [6, 6.07) is 12.3. The molecule has 0 aliphatic rings. The molecular weight excluding hydrogens is 336 g/mol. The minimum Gasteiger partial charge on any atom is -0.508 e. The molecule has 3 nitrogen and oxygen atoms in total. The van der Waals surface area contributed by atoms with E-state index in [0.29, 0.717) is 5.75 Å². The van der Waals surface area contributed by atoms with Gasteiger partial charge >= 0.3 is 5.97 Å². The van der Waals surface area contributed by atoms with Gasteiger partial charge in [-0.2, -0.15) is 0 Å². The van der Waals surface area contributed by atoms with Gasteiger partial charge in [-0.1, -0.05) is 57.0 Å². The quantitative estimate of drug-likeness (QED) is 0.564. The lowest BCUT2D eigenvalue weighted by molar-refractivity contribution is -0.131. The van der Waals surface area contributed by atoms with Crippen molar-refractivity contribution in [2.24, 2.45) is 0 Å². The lowest BCUT2D eigenvalue weighted by Crippen LogP contribution is -2.28. The number of carboxylic acids is 1. The zero-order chi connectivity index (χ0) is 20.0. The van der Waals surface area contributed by atoms with Gasteiger partial charge in [0.05, 0.1) is 0 Å². The SMILES string of the molecule is CCCC(CCC)(c1ccc(O)c(C)c1)c1ccc(/C=C/C(=O)O)c(C)c1. The Kier molecular flexibility index (Phi) is 6.84. The van der Waals surface area contributed by atoms with Crippen LogP contribution in [0.5, 0.6) is 5.75 Å². The van der Waals surface area contributed by atoms with E-state index in [1.807, 2.05) is 26.0 Å². The van der Waals surface area contributed by atoms with Crippen molar-refractivity contribution in [2.75, 3.05) is 0 Å². The molecular formula is C24H30O3. The summed E-state index contributed by atoms with van der Waals surface area (Å²) in [5, 5.41) is 18.8. The van der Waals surface area contributed by atoms with Crippen molar-refractivity contribution in [2.45, 2.75) is 58.8 Å². The second-order valence-electron chi connectivity index (χ2n) is 7.33. The lowest BCUT2D eigenvalue weighted by Gasteiger charge is -2.36. The van der Waals surface area contributed by atoms with E-state index in [9.17, 15) is 9.90 Å². The number of carbonyl (C=O) groups is 1. The Hall–Kier alpha value is -2.55. The Bertz CT molecular complexity index is 828. The number of hydrogen-bond donors (Lipinski definition) is 2. The molecule has 2 aromatic rings. The Morgan fingerprint density at radius 1 is 0.963 bits per heavy atom. The van der Waals surface area contributed by atoms with Gasteiger partial charge in [-0.15, -0.1) is 0 Å². The first-order valence-electron chi connectivity index (χ1n) is 9.66. The van der Waals surface area contributed by atoms with Gasteiger partial charge in [-0.25, -0.2) is 4.79 Å². The van der Waals surface area contributed by atoms with E-state index in [1.54, 1.807) is 12.1 Å². The van der Waals surface area contributed by atoms with Crippen LogP contribution in [0.4, 0.5) is 0 Å². The predicted molar refractivity (Wildman–Crippen MR) is 111 cm³/mol. The topological polar surface area (TPSA) is 57.5 Å². The monoisotopic (exact) mass is 366 g/mol. The molecule has 0 heterocycles. The number of phenolic OH excluding ortho intramolecular Hbond substituents is 1. The molecule has 2 N–H and O–H groups in total. The number of rotatable bonds is 8. The Balaban J connectivity index is 2.61. The van der Waals surface area contributed by atoms with Crippen molar-refractivity contribution in [1.82, 2.24) is 0 Å². The van der Waals surface area contributed by atoms with Crippen molar-refractivity contribution in [3.8, 4) is 5.75 Å². The molecule has 0 saturated heterocycles. The van der Waals surface area contributed by atoms with Crippen molar-refractivity contribution in [3.05, 3.63) is 70.3 Å². The molecule has 2 aromatic carbocycles. The van der Waals surface area contributed by atoms with Gasteiger partial charge < -0.3 is 10.2 Å². The summed E-state index contributed by atoms with van der Waals surface area (Å²) < 4.78 is 0. The smallest absolute Gasteiger partial charge is 0.328 e. The van der Waals surface area contributed by atoms with Crippen LogP contribution in [0.1, 0.15) is 67.3 Å². The summed E-state index contributed by atoms with van der Waals surface area (Å²) >= 11 is 0. The molecule has 3 heteroatoms. The van der Waals surface area contributed by atoms with E-state index < -0.39 is 5.97 Å². The van der Waals surface area contributed by atoms with E-state index in [4.69, 9.17) is 5.11 Å². The Labute approximate surface area is 162 Å². The molecule has 144 valence electrons. The van der Waals surface area contributed by atoms with Crippen molar-refractivity contribution >= 4 is 12.0 Å². The summed E-state index contributed by atoms with van der Waals surface area (Å²) in [5.74, 6) is -0.615. The minimum absolute atomic E-state index is 0.109. The number of carboxylic acid groups (broad SMARTS) is 1. The second-order valence-corrected chi connectivity index (χ2v) is 7.33. The van der Waals surface area contributed by atoms with Crippen molar-refractivity contribution in [1.29, 1.82) is 0 Å². The van der Waals surface area contributed by atoms with Gasteiger partial charge in [0.15, 0.2) is 0 Å². The molecule has 0 aliphatic heterocycles. The van der Waals surface area contributed by atoms with Crippen LogP contribution >= 0.6 is 0 Å². The van der Waals surface area contributed by atoms with Crippen LogP contribution in [0.15, 0.2) is 42.5 Å². The summed E-state index contributed by atoms with van der Waals surface area (Å²) in [5.41, 5.74) is 5.25. The van der Waals surface area contributed by atoms with Gasteiger partial charge in [0.2, 0.25) is 0 Å². The maximum absolute atomic E-state index is 10.8. The fourth-order valence-electron chi connectivity index (χ4n) is 4.00. The Morgan fingerprint density at radius 3 is 2.00 bits per heavy atom. The molecule has 0 radical (unpaired) electrons. The third kappa shape index (κ3) is 4.60. The number of hydrogen-bond acceptors (Lipinski definition) is 2. The first-order valence-corrected chi connectivity index (χ1v) is 9.66. The first-order chi connectivity index (χ1) is 12.8. The zero-order valence-electron chi connectivity index (χ0n) is 16.7.